The van der Waals surface area contributed by atoms with Crippen molar-refractivity contribution < 1.29 is 9.59 Å². The van der Waals surface area contributed by atoms with Gasteiger partial charge in [0.1, 0.15) is 0 Å². The summed E-state index contributed by atoms with van der Waals surface area (Å²) in [6, 6.07) is 10.3. The largest absolute Gasteiger partial charge is 0.378 e. The lowest BCUT2D eigenvalue weighted by molar-refractivity contribution is -0.137. The molecule has 0 saturated carbocycles. The van der Waals surface area contributed by atoms with Crippen molar-refractivity contribution in [2.24, 2.45) is 0 Å². The average Bonchev–Trinajstić information content (AvgIpc) is 3.18. The number of hydrogen-bond donors (Lipinski definition) is 0. The standard InChI is InChI=1S/C22H29N3O2S/c1-4-24(15-17-5-7-19(8-6-17)23(2)3)21(26)9-10-22(27)25-13-11-20-18(16-25)12-14-28-20/h5-8,12,14H,4,9-11,13,15-16H2,1-3H3. The molecule has 150 valence electrons. The van der Waals surface area contributed by atoms with Crippen molar-refractivity contribution >= 4 is 28.8 Å². The van der Waals surface area contributed by atoms with Crippen molar-refractivity contribution in [2.45, 2.75) is 39.3 Å². The van der Waals surface area contributed by atoms with E-state index in [9.17, 15) is 9.59 Å². The van der Waals surface area contributed by atoms with Crippen molar-refractivity contribution in [1.29, 1.82) is 0 Å². The van der Waals surface area contributed by atoms with Crippen LogP contribution in [0.2, 0.25) is 0 Å². The third-order valence-corrected chi connectivity index (χ3v) is 6.30. The zero-order valence-corrected chi connectivity index (χ0v) is 17.8. The van der Waals surface area contributed by atoms with E-state index in [1.807, 2.05) is 30.8 Å². The quantitative estimate of drug-likeness (QED) is 0.715. The Kier molecular flexibility index (Phi) is 6.73. The number of carbonyl (C=O) groups excluding carboxylic acids is 2. The first kappa shape index (κ1) is 20.4. The predicted octanol–water partition coefficient (Wildman–Crippen LogP) is 3.53. The Morgan fingerprint density at radius 1 is 1.11 bits per heavy atom. The maximum atomic E-state index is 12.6. The van der Waals surface area contributed by atoms with Gasteiger partial charge in [-0.15, -0.1) is 11.3 Å². The Morgan fingerprint density at radius 2 is 1.86 bits per heavy atom. The van der Waals surface area contributed by atoms with Crippen LogP contribution in [0.15, 0.2) is 35.7 Å². The van der Waals surface area contributed by atoms with Gasteiger partial charge in [0, 0.05) is 63.7 Å². The van der Waals surface area contributed by atoms with Gasteiger partial charge in [-0.25, -0.2) is 0 Å². The predicted molar refractivity (Wildman–Crippen MR) is 115 cm³/mol. The van der Waals surface area contributed by atoms with Crippen molar-refractivity contribution in [2.75, 3.05) is 32.1 Å². The summed E-state index contributed by atoms with van der Waals surface area (Å²) in [6.07, 6.45) is 1.49. The number of hydrogen-bond acceptors (Lipinski definition) is 4. The van der Waals surface area contributed by atoms with Crippen molar-refractivity contribution in [3.05, 3.63) is 51.7 Å². The molecule has 1 aliphatic heterocycles. The molecule has 1 aromatic heterocycles. The minimum atomic E-state index is 0.0424. The molecule has 0 atom stereocenters. The number of fused-ring (bicyclic) bond motifs is 1. The van der Waals surface area contributed by atoms with Crippen LogP contribution < -0.4 is 4.90 Å². The van der Waals surface area contributed by atoms with Crippen molar-refractivity contribution in [3.8, 4) is 0 Å². The van der Waals surface area contributed by atoms with E-state index in [2.05, 4.69) is 40.6 Å². The van der Waals surface area contributed by atoms with Gasteiger partial charge in [0.15, 0.2) is 0 Å². The lowest BCUT2D eigenvalue weighted by Gasteiger charge is -2.27. The molecule has 0 radical (unpaired) electrons. The fraction of sp³-hybridized carbons (Fsp3) is 0.455. The van der Waals surface area contributed by atoms with E-state index in [0.717, 1.165) is 24.2 Å². The van der Waals surface area contributed by atoms with Crippen LogP contribution >= 0.6 is 11.3 Å². The molecule has 1 aromatic carbocycles. The highest BCUT2D eigenvalue weighted by molar-refractivity contribution is 7.10. The van der Waals surface area contributed by atoms with E-state index in [-0.39, 0.29) is 24.7 Å². The Hall–Kier alpha value is -2.34. The van der Waals surface area contributed by atoms with Gasteiger partial charge in [-0.2, -0.15) is 0 Å². The number of amides is 2. The summed E-state index contributed by atoms with van der Waals surface area (Å²) in [6.45, 7) is 4.65. The monoisotopic (exact) mass is 399 g/mol. The zero-order valence-electron chi connectivity index (χ0n) is 17.0. The second-order valence-corrected chi connectivity index (χ2v) is 8.40. The Balaban J connectivity index is 1.50. The first-order valence-corrected chi connectivity index (χ1v) is 10.7. The van der Waals surface area contributed by atoms with Gasteiger partial charge >= 0.3 is 0 Å². The van der Waals surface area contributed by atoms with Gasteiger partial charge in [-0.05, 0) is 48.1 Å². The summed E-state index contributed by atoms with van der Waals surface area (Å²) in [5.74, 6) is 0.123. The lowest BCUT2D eigenvalue weighted by atomic mass is 10.1. The van der Waals surface area contributed by atoms with E-state index in [1.54, 1.807) is 11.3 Å². The number of thiophene rings is 1. The molecule has 28 heavy (non-hydrogen) atoms. The molecule has 0 aliphatic carbocycles. The number of rotatable bonds is 7. The van der Waals surface area contributed by atoms with Crippen LogP contribution in [-0.2, 0) is 29.1 Å². The van der Waals surface area contributed by atoms with E-state index in [4.69, 9.17) is 0 Å². The smallest absolute Gasteiger partial charge is 0.223 e. The molecule has 2 amide bonds. The van der Waals surface area contributed by atoms with Crippen LogP contribution in [0.3, 0.4) is 0 Å². The molecular formula is C22H29N3O2S. The summed E-state index contributed by atoms with van der Waals surface area (Å²) in [4.78, 5) is 32.4. The molecule has 2 aromatic rings. The molecule has 3 rings (SSSR count). The third kappa shape index (κ3) is 4.93. The Bertz CT molecular complexity index is 813. The van der Waals surface area contributed by atoms with Crippen LogP contribution in [0.4, 0.5) is 5.69 Å². The highest BCUT2D eigenvalue weighted by Gasteiger charge is 2.22. The second-order valence-electron chi connectivity index (χ2n) is 7.40. The normalized spacial score (nSPS) is 13.2. The van der Waals surface area contributed by atoms with E-state index in [1.165, 1.54) is 10.4 Å². The summed E-state index contributed by atoms with van der Waals surface area (Å²) in [5, 5.41) is 2.09. The molecule has 0 bridgehead atoms. The van der Waals surface area contributed by atoms with E-state index in [0.29, 0.717) is 19.6 Å². The molecule has 0 N–H and O–H groups in total. The summed E-state index contributed by atoms with van der Waals surface area (Å²) < 4.78 is 0. The van der Waals surface area contributed by atoms with Gasteiger partial charge < -0.3 is 14.7 Å². The van der Waals surface area contributed by atoms with Crippen LogP contribution in [0.5, 0.6) is 0 Å². The van der Waals surface area contributed by atoms with Crippen LogP contribution in [-0.4, -0.2) is 48.8 Å². The van der Waals surface area contributed by atoms with Gasteiger partial charge in [-0.3, -0.25) is 9.59 Å². The lowest BCUT2D eigenvalue weighted by Crippen LogP contribution is -2.36. The van der Waals surface area contributed by atoms with Crippen LogP contribution in [0.1, 0.15) is 35.8 Å². The van der Waals surface area contributed by atoms with Crippen LogP contribution in [0.25, 0.3) is 0 Å². The fourth-order valence-corrected chi connectivity index (χ4v) is 4.38. The highest BCUT2D eigenvalue weighted by atomic mass is 32.1. The molecule has 0 spiro atoms. The molecule has 0 unspecified atom stereocenters. The molecule has 6 heteroatoms. The first-order chi connectivity index (χ1) is 13.5. The number of anilines is 1. The molecule has 1 aliphatic rings. The van der Waals surface area contributed by atoms with Gasteiger partial charge in [0.2, 0.25) is 11.8 Å². The average molecular weight is 400 g/mol. The Labute approximate surface area is 171 Å². The number of carbonyl (C=O) groups is 2. The molecule has 2 heterocycles. The van der Waals surface area contributed by atoms with Crippen molar-refractivity contribution in [3.63, 3.8) is 0 Å². The number of benzene rings is 1. The maximum Gasteiger partial charge on any atom is 0.223 e. The topological polar surface area (TPSA) is 43.9 Å². The second kappa shape index (κ2) is 9.24. The van der Waals surface area contributed by atoms with E-state index >= 15 is 0 Å². The Morgan fingerprint density at radius 3 is 2.54 bits per heavy atom. The first-order valence-electron chi connectivity index (χ1n) is 9.85. The summed E-state index contributed by atoms with van der Waals surface area (Å²) in [7, 11) is 4.02. The molecular weight excluding hydrogens is 370 g/mol. The summed E-state index contributed by atoms with van der Waals surface area (Å²) in [5.41, 5.74) is 3.50. The maximum absolute atomic E-state index is 12.6. The molecule has 0 fully saturated rings. The van der Waals surface area contributed by atoms with Gasteiger partial charge in [0.05, 0.1) is 0 Å². The third-order valence-electron chi connectivity index (χ3n) is 5.27. The van der Waals surface area contributed by atoms with E-state index < -0.39 is 0 Å². The van der Waals surface area contributed by atoms with Gasteiger partial charge in [-0.1, -0.05) is 12.1 Å². The highest BCUT2D eigenvalue weighted by Crippen LogP contribution is 2.24. The molecule has 5 nitrogen and oxygen atoms in total. The fourth-order valence-electron chi connectivity index (χ4n) is 3.49. The van der Waals surface area contributed by atoms with Crippen molar-refractivity contribution in [1.82, 2.24) is 9.80 Å². The van der Waals surface area contributed by atoms with Gasteiger partial charge in [0.25, 0.3) is 0 Å². The van der Waals surface area contributed by atoms with Crippen LogP contribution in [0, 0.1) is 0 Å². The minimum absolute atomic E-state index is 0.0424. The summed E-state index contributed by atoms with van der Waals surface area (Å²) >= 11 is 1.77. The molecule has 0 saturated heterocycles. The zero-order chi connectivity index (χ0) is 20.1. The minimum Gasteiger partial charge on any atom is -0.378 e. The SMILES string of the molecule is CCN(Cc1ccc(N(C)C)cc1)C(=O)CCC(=O)N1CCc2sccc2C1. The number of nitrogens with zero attached hydrogens (tertiary/aromatic N) is 3.